The van der Waals surface area contributed by atoms with Crippen LogP contribution in [0.5, 0.6) is 0 Å². The van der Waals surface area contributed by atoms with Crippen LogP contribution in [0.3, 0.4) is 0 Å². The van der Waals surface area contributed by atoms with Crippen LogP contribution in [0.4, 0.5) is 4.79 Å². The van der Waals surface area contributed by atoms with Gasteiger partial charge in [-0.15, -0.1) is 0 Å². The number of piperazine rings is 1. The lowest BCUT2D eigenvalue weighted by atomic mass is 9.82. The molecule has 4 N–H and O–H groups in total. The van der Waals surface area contributed by atoms with Gasteiger partial charge in [-0.1, -0.05) is 0 Å². The predicted molar refractivity (Wildman–Crippen MR) is 98.1 cm³/mol. The number of hydrogen-bond acceptors (Lipinski definition) is 9. The molecule has 4 heterocycles. The van der Waals surface area contributed by atoms with Crippen LogP contribution in [0.25, 0.3) is 0 Å². The maximum Gasteiger partial charge on any atom is 0.404 e. The highest BCUT2D eigenvalue weighted by Crippen LogP contribution is 2.55. The number of rotatable bonds is 4. The minimum absolute atomic E-state index is 0.0280. The Morgan fingerprint density at radius 2 is 2.07 bits per heavy atom. The quantitative estimate of drug-likeness (QED) is 0.375. The third-order valence-electron chi connectivity index (χ3n) is 6.93. The first-order chi connectivity index (χ1) is 13.8. The van der Waals surface area contributed by atoms with Gasteiger partial charge in [-0.25, -0.2) is 4.79 Å². The minimum Gasteiger partial charge on any atom is -0.444 e. The molecule has 10 heteroatoms. The average Bonchev–Trinajstić information content (AvgIpc) is 3.05. The molecule has 0 aromatic rings. The van der Waals surface area contributed by atoms with Crippen LogP contribution in [0.2, 0.25) is 0 Å². The fourth-order valence-corrected chi connectivity index (χ4v) is 5.70. The van der Waals surface area contributed by atoms with Crippen molar-refractivity contribution in [3.05, 3.63) is 22.5 Å². The third-order valence-corrected chi connectivity index (χ3v) is 6.93. The smallest absolute Gasteiger partial charge is 0.404 e. The van der Waals surface area contributed by atoms with E-state index in [9.17, 15) is 19.5 Å². The van der Waals surface area contributed by atoms with Crippen molar-refractivity contribution in [2.45, 2.75) is 37.3 Å². The second kappa shape index (κ2) is 6.04. The number of fused-ring (bicyclic) bond motifs is 4. The van der Waals surface area contributed by atoms with Gasteiger partial charge >= 0.3 is 6.09 Å². The number of aliphatic hydroxyl groups excluding tert-OH is 1. The van der Waals surface area contributed by atoms with Crippen molar-refractivity contribution in [2.24, 2.45) is 11.7 Å². The summed E-state index contributed by atoms with van der Waals surface area (Å²) in [6.07, 6.45) is -0.754. The number of methoxy groups -OCH3 is 1. The molecule has 3 saturated heterocycles. The zero-order chi connectivity index (χ0) is 20.7. The summed E-state index contributed by atoms with van der Waals surface area (Å²) >= 11 is 0. The molecule has 0 spiro atoms. The lowest BCUT2D eigenvalue weighted by Gasteiger charge is -2.39. The number of nitrogens with zero attached hydrogens (tertiary/aromatic N) is 2. The summed E-state index contributed by atoms with van der Waals surface area (Å²) in [5, 5.41) is 13.5. The Labute approximate surface area is 167 Å². The summed E-state index contributed by atoms with van der Waals surface area (Å²) in [5.41, 5.74) is 5.55. The number of nitrogens with one attached hydrogen (secondary N) is 1. The molecular weight excluding hydrogens is 380 g/mol. The molecule has 0 aromatic heterocycles. The van der Waals surface area contributed by atoms with Crippen molar-refractivity contribution < 1.29 is 29.0 Å². The van der Waals surface area contributed by atoms with E-state index in [2.05, 4.69) is 5.32 Å². The second-order valence-corrected chi connectivity index (χ2v) is 8.24. The highest BCUT2D eigenvalue weighted by atomic mass is 16.6. The number of ketones is 2. The van der Waals surface area contributed by atoms with Crippen LogP contribution in [0.1, 0.15) is 13.3 Å². The van der Waals surface area contributed by atoms with Crippen molar-refractivity contribution in [1.82, 2.24) is 15.1 Å². The fraction of sp³-hybridized carbons (Fsp3) is 0.632. The Bertz CT molecular complexity index is 897. The van der Waals surface area contributed by atoms with Gasteiger partial charge in [-0.05, 0) is 6.92 Å². The molecule has 1 aliphatic carbocycles. The van der Waals surface area contributed by atoms with Crippen molar-refractivity contribution in [3.63, 3.8) is 0 Å². The van der Waals surface area contributed by atoms with Gasteiger partial charge in [0.15, 0.2) is 5.72 Å². The number of amides is 1. The molecule has 29 heavy (non-hydrogen) atoms. The largest absolute Gasteiger partial charge is 0.444 e. The maximum absolute atomic E-state index is 13.6. The van der Waals surface area contributed by atoms with Gasteiger partial charge in [0.2, 0.25) is 11.6 Å². The first-order valence-electron chi connectivity index (χ1n) is 9.80. The van der Waals surface area contributed by atoms with Gasteiger partial charge in [0.1, 0.15) is 6.10 Å². The van der Waals surface area contributed by atoms with Crippen LogP contribution >= 0.6 is 0 Å². The van der Waals surface area contributed by atoms with Crippen LogP contribution < -0.4 is 11.1 Å². The van der Waals surface area contributed by atoms with Crippen LogP contribution in [-0.4, -0.2) is 89.8 Å². The number of likely N-dealkylation sites (tertiary alicyclic amines) is 1. The number of allylic oxidation sites excluding steroid dienone is 2. The molecule has 156 valence electrons. The van der Waals surface area contributed by atoms with E-state index in [-0.39, 0.29) is 30.3 Å². The van der Waals surface area contributed by atoms with E-state index in [0.29, 0.717) is 48.6 Å². The Morgan fingerprint density at radius 1 is 1.31 bits per heavy atom. The molecule has 5 aliphatic rings. The Balaban J connectivity index is 1.51. The van der Waals surface area contributed by atoms with Crippen molar-refractivity contribution >= 4 is 17.7 Å². The van der Waals surface area contributed by atoms with Crippen LogP contribution in [0.15, 0.2) is 22.5 Å². The number of hydrogen-bond donors (Lipinski definition) is 3. The first-order valence-corrected chi connectivity index (χ1v) is 9.80. The number of carbonyl (C=O) groups is 3. The first kappa shape index (κ1) is 18.6. The Hall–Kier alpha value is -2.43. The maximum atomic E-state index is 13.6. The molecule has 4 aliphatic heterocycles. The lowest BCUT2D eigenvalue weighted by molar-refractivity contribution is -0.137. The molecule has 5 atom stereocenters. The molecule has 1 amide bonds. The minimum atomic E-state index is -0.923. The van der Waals surface area contributed by atoms with E-state index in [0.717, 1.165) is 0 Å². The van der Waals surface area contributed by atoms with E-state index < -0.39 is 23.8 Å². The molecule has 10 nitrogen and oxygen atoms in total. The molecule has 5 unspecified atom stereocenters. The molecule has 3 fully saturated rings. The highest BCUT2D eigenvalue weighted by molar-refractivity contribution is 6.25. The number of nitrogens with two attached hydrogens (primary N) is 1. The molecule has 5 rings (SSSR count). The van der Waals surface area contributed by atoms with Crippen LogP contribution in [-0.2, 0) is 19.1 Å². The zero-order valence-electron chi connectivity index (χ0n) is 16.3. The summed E-state index contributed by atoms with van der Waals surface area (Å²) in [7, 11) is 1.55. The zero-order valence-corrected chi connectivity index (χ0v) is 16.3. The summed E-state index contributed by atoms with van der Waals surface area (Å²) in [6, 6.07) is 0.164. The molecule has 0 radical (unpaired) electrons. The molecule has 0 saturated carbocycles. The van der Waals surface area contributed by atoms with E-state index in [4.69, 9.17) is 15.2 Å². The normalized spacial score (nSPS) is 37.9. The van der Waals surface area contributed by atoms with Gasteiger partial charge in [0.05, 0.1) is 36.5 Å². The highest BCUT2D eigenvalue weighted by Gasteiger charge is 2.72. The average molecular weight is 404 g/mol. The molecule has 0 bridgehead atoms. The third kappa shape index (κ3) is 2.24. The monoisotopic (exact) mass is 404 g/mol. The summed E-state index contributed by atoms with van der Waals surface area (Å²) in [4.78, 5) is 41.7. The summed E-state index contributed by atoms with van der Waals surface area (Å²) in [5.74, 6) is -1.10. The van der Waals surface area contributed by atoms with Gasteiger partial charge in [-0.3, -0.25) is 9.59 Å². The van der Waals surface area contributed by atoms with Gasteiger partial charge < -0.3 is 35.4 Å². The van der Waals surface area contributed by atoms with Crippen molar-refractivity contribution in [2.75, 3.05) is 33.4 Å². The molecule has 0 aromatic carbocycles. The summed E-state index contributed by atoms with van der Waals surface area (Å²) in [6.45, 7) is 2.69. The number of ether oxygens (including phenoxy) is 2. The Kier molecular flexibility index (Phi) is 3.87. The standard InChI is InChI=1S/C19H24N4O6/c1-8-13(22-4-3-9(5-22)29-18(20)27)16(26)12-10(7-24)19(28-2)17-11(21-17)6-23(19)14(12)15(8)25/h9-11,17,21,24H,3-7H2,1-2H3,(H2,20,27). The summed E-state index contributed by atoms with van der Waals surface area (Å²) < 4.78 is 10.9. The number of aliphatic hydroxyl groups is 1. The van der Waals surface area contributed by atoms with Gasteiger partial charge in [0, 0.05) is 43.8 Å². The fourth-order valence-electron chi connectivity index (χ4n) is 5.70. The number of primary amides is 1. The van der Waals surface area contributed by atoms with Crippen molar-refractivity contribution in [1.29, 1.82) is 0 Å². The van der Waals surface area contributed by atoms with E-state index >= 15 is 0 Å². The van der Waals surface area contributed by atoms with E-state index in [1.54, 1.807) is 18.9 Å². The van der Waals surface area contributed by atoms with Gasteiger partial charge in [-0.2, -0.15) is 0 Å². The SMILES string of the molecule is COC12C(CO)C3=C(C(=O)C(C)=C(N4CCC(OC(N)=O)C4)C3=O)N1CC1NC12. The van der Waals surface area contributed by atoms with Crippen molar-refractivity contribution in [3.8, 4) is 0 Å². The number of Topliss-reactive ketones (excluding diaryl/α,β-unsaturated/α-hetero) is 2. The van der Waals surface area contributed by atoms with Crippen LogP contribution in [0, 0.1) is 5.92 Å². The topological polar surface area (TPSA) is 144 Å². The van der Waals surface area contributed by atoms with E-state index in [1.165, 1.54) is 0 Å². The predicted octanol–water partition coefficient (Wildman–Crippen LogP) is -1.54. The second-order valence-electron chi connectivity index (χ2n) is 8.24. The van der Waals surface area contributed by atoms with Gasteiger partial charge in [0.25, 0.3) is 0 Å². The lowest BCUT2D eigenvalue weighted by Crippen LogP contribution is -2.54. The number of carbonyl (C=O) groups excluding carboxylic acids is 3. The molecular formula is C19H24N4O6. The van der Waals surface area contributed by atoms with E-state index in [1.807, 2.05) is 4.90 Å². The Morgan fingerprint density at radius 3 is 2.72 bits per heavy atom.